The number of anilines is 1. The Labute approximate surface area is 181 Å². The number of hydrogen-bond donors (Lipinski definition) is 1. The third kappa shape index (κ3) is 4.13. The number of sulfonamides is 1. The molecule has 1 aliphatic rings. The Balaban J connectivity index is 1.91. The lowest BCUT2D eigenvalue weighted by atomic mass is 9.89. The van der Waals surface area contributed by atoms with Crippen LogP contribution in [0, 0.1) is 0 Å². The summed E-state index contributed by atoms with van der Waals surface area (Å²) in [5, 5.41) is 0. The first kappa shape index (κ1) is 20.6. The van der Waals surface area contributed by atoms with Crippen molar-refractivity contribution < 1.29 is 17.9 Å². The van der Waals surface area contributed by atoms with E-state index in [4.69, 9.17) is 9.47 Å². The standard InChI is InChI=1S/C23H23NO4S2/c1-4-29-21-10-6-9-20-22(21)18-12-11-16(24-30(3,25)26)14-19(18)23(28-20)15-7-5-8-17(13-15)27-2/h5-14,23-24H,4H2,1-3H3. The summed E-state index contributed by atoms with van der Waals surface area (Å²) in [5.41, 5.74) is 4.45. The molecule has 1 N–H and O–H groups in total. The second kappa shape index (κ2) is 8.24. The van der Waals surface area contributed by atoms with E-state index in [2.05, 4.69) is 17.7 Å². The summed E-state index contributed by atoms with van der Waals surface area (Å²) in [6, 6.07) is 19.4. The molecule has 0 saturated carbocycles. The van der Waals surface area contributed by atoms with Gasteiger partial charge in [-0.3, -0.25) is 4.72 Å². The molecule has 1 aliphatic heterocycles. The van der Waals surface area contributed by atoms with Crippen LogP contribution < -0.4 is 14.2 Å². The van der Waals surface area contributed by atoms with Crippen molar-refractivity contribution in [2.45, 2.75) is 17.9 Å². The van der Waals surface area contributed by atoms with E-state index in [9.17, 15) is 8.42 Å². The Kier molecular flexibility index (Phi) is 5.66. The number of rotatable bonds is 6. The van der Waals surface area contributed by atoms with E-state index in [0.717, 1.165) is 50.7 Å². The van der Waals surface area contributed by atoms with Gasteiger partial charge >= 0.3 is 0 Å². The van der Waals surface area contributed by atoms with Gasteiger partial charge < -0.3 is 9.47 Å². The number of thioether (sulfide) groups is 1. The van der Waals surface area contributed by atoms with E-state index in [0.29, 0.717) is 5.69 Å². The Hall–Kier alpha value is -2.64. The molecule has 0 radical (unpaired) electrons. The zero-order valence-electron chi connectivity index (χ0n) is 17.0. The van der Waals surface area contributed by atoms with Crippen LogP contribution in [-0.2, 0) is 10.0 Å². The van der Waals surface area contributed by atoms with E-state index >= 15 is 0 Å². The van der Waals surface area contributed by atoms with Crippen LogP contribution in [0.2, 0.25) is 0 Å². The molecule has 0 spiro atoms. The lowest BCUT2D eigenvalue weighted by Gasteiger charge is -2.31. The molecule has 7 heteroatoms. The number of benzene rings is 3. The summed E-state index contributed by atoms with van der Waals surface area (Å²) < 4.78 is 38.0. The van der Waals surface area contributed by atoms with Gasteiger partial charge in [0.1, 0.15) is 17.6 Å². The minimum Gasteiger partial charge on any atom is -0.497 e. The normalized spacial score (nSPS) is 15.0. The molecule has 0 aliphatic carbocycles. The molecular formula is C23H23NO4S2. The SMILES string of the molecule is CCSc1cccc2c1-c1ccc(NS(C)(=O)=O)cc1C(c1cccc(OC)c1)O2. The smallest absolute Gasteiger partial charge is 0.229 e. The fraction of sp³-hybridized carbons (Fsp3) is 0.217. The van der Waals surface area contributed by atoms with Gasteiger partial charge in [-0.15, -0.1) is 11.8 Å². The monoisotopic (exact) mass is 441 g/mol. The number of fused-ring (bicyclic) bond motifs is 3. The highest BCUT2D eigenvalue weighted by Gasteiger charge is 2.30. The predicted molar refractivity (Wildman–Crippen MR) is 122 cm³/mol. The second-order valence-electron chi connectivity index (χ2n) is 7.01. The molecule has 1 unspecified atom stereocenters. The van der Waals surface area contributed by atoms with Crippen LogP contribution in [0.4, 0.5) is 5.69 Å². The molecule has 1 heterocycles. The Morgan fingerprint density at radius 1 is 1.10 bits per heavy atom. The van der Waals surface area contributed by atoms with Crippen LogP contribution in [-0.4, -0.2) is 27.5 Å². The average Bonchev–Trinajstić information content (AvgIpc) is 2.72. The first-order valence-electron chi connectivity index (χ1n) is 9.58. The zero-order chi connectivity index (χ0) is 21.3. The van der Waals surface area contributed by atoms with Crippen LogP contribution in [0.5, 0.6) is 11.5 Å². The van der Waals surface area contributed by atoms with E-state index in [1.54, 1.807) is 24.9 Å². The molecular weight excluding hydrogens is 418 g/mol. The van der Waals surface area contributed by atoms with E-state index in [1.165, 1.54) is 0 Å². The number of ether oxygens (including phenoxy) is 2. The maximum atomic E-state index is 11.8. The lowest BCUT2D eigenvalue weighted by Crippen LogP contribution is -2.17. The molecule has 3 aromatic rings. The molecule has 0 bridgehead atoms. The summed E-state index contributed by atoms with van der Waals surface area (Å²) in [7, 11) is -1.76. The van der Waals surface area contributed by atoms with Crippen molar-refractivity contribution in [1.82, 2.24) is 0 Å². The van der Waals surface area contributed by atoms with Crippen molar-refractivity contribution in [2.75, 3.05) is 23.8 Å². The van der Waals surface area contributed by atoms with Gasteiger partial charge in [0.15, 0.2) is 0 Å². The summed E-state index contributed by atoms with van der Waals surface area (Å²) in [4.78, 5) is 1.14. The molecule has 4 rings (SSSR count). The third-order valence-electron chi connectivity index (χ3n) is 4.84. The Morgan fingerprint density at radius 2 is 1.90 bits per heavy atom. The minimum atomic E-state index is -3.39. The molecule has 1 atom stereocenters. The van der Waals surface area contributed by atoms with Crippen LogP contribution in [0.3, 0.4) is 0 Å². The van der Waals surface area contributed by atoms with Gasteiger partial charge in [0.25, 0.3) is 0 Å². The topological polar surface area (TPSA) is 64.6 Å². The quantitative estimate of drug-likeness (QED) is 0.524. The lowest BCUT2D eigenvalue weighted by molar-refractivity contribution is 0.242. The van der Waals surface area contributed by atoms with Crippen molar-refractivity contribution >= 4 is 27.5 Å². The van der Waals surface area contributed by atoms with Gasteiger partial charge in [0, 0.05) is 27.3 Å². The van der Waals surface area contributed by atoms with Crippen molar-refractivity contribution in [3.63, 3.8) is 0 Å². The fourth-order valence-electron chi connectivity index (χ4n) is 3.68. The van der Waals surface area contributed by atoms with Crippen LogP contribution in [0.1, 0.15) is 24.2 Å². The number of hydrogen-bond acceptors (Lipinski definition) is 5. The second-order valence-corrected chi connectivity index (χ2v) is 10.1. The van der Waals surface area contributed by atoms with E-state index in [1.807, 2.05) is 48.5 Å². The summed E-state index contributed by atoms with van der Waals surface area (Å²) in [6.45, 7) is 2.12. The Morgan fingerprint density at radius 3 is 2.63 bits per heavy atom. The maximum Gasteiger partial charge on any atom is 0.229 e. The third-order valence-corrected chi connectivity index (χ3v) is 6.38. The number of methoxy groups -OCH3 is 1. The van der Waals surface area contributed by atoms with Crippen molar-refractivity contribution in [3.05, 3.63) is 71.8 Å². The highest BCUT2D eigenvalue weighted by atomic mass is 32.2. The van der Waals surface area contributed by atoms with Crippen LogP contribution in [0.25, 0.3) is 11.1 Å². The highest BCUT2D eigenvalue weighted by Crippen LogP contribution is 2.49. The van der Waals surface area contributed by atoms with Gasteiger partial charge in [0.05, 0.1) is 13.4 Å². The molecule has 0 fully saturated rings. The first-order valence-corrected chi connectivity index (χ1v) is 12.5. The van der Waals surface area contributed by atoms with Gasteiger partial charge in [-0.2, -0.15) is 0 Å². The van der Waals surface area contributed by atoms with Crippen LogP contribution >= 0.6 is 11.8 Å². The van der Waals surface area contributed by atoms with E-state index < -0.39 is 10.0 Å². The average molecular weight is 442 g/mol. The van der Waals surface area contributed by atoms with Crippen LogP contribution in [0.15, 0.2) is 65.6 Å². The summed E-state index contributed by atoms with van der Waals surface area (Å²) in [6.07, 6.45) is 0.763. The molecule has 0 amide bonds. The zero-order valence-corrected chi connectivity index (χ0v) is 18.6. The molecule has 5 nitrogen and oxygen atoms in total. The van der Waals surface area contributed by atoms with Gasteiger partial charge in [-0.25, -0.2) is 8.42 Å². The maximum absolute atomic E-state index is 11.8. The molecule has 30 heavy (non-hydrogen) atoms. The van der Waals surface area contributed by atoms with E-state index in [-0.39, 0.29) is 6.10 Å². The molecule has 156 valence electrons. The first-order chi connectivity index (χ1) is 14.4. The summed E-state index contributed by atoms with van der Waals surface area (Å²) in [5.74, 6) is 2.50. The van der Waals surface area contributed by atoms with Gasteiger partial charge in [0.2, 0.25) is 10.0 Å². The number of nitrogens with one attached hydrogen (secondary N) is 1. The van der Waals surface area contributed by atoms with Crippen molar-refractivity contribution in [1.29, 1.82) is 0 Å². The van der Waals surface area contributed by atoms with Crippen molar-refractivity contribution in [2.24, 2.45) is 0 Å². The van der Waals surface area contributed by atoms with Gasteiger partial charge in [-0.05, 0) is 47.7 Å². The van der Waals surface area contributed by atoms with Crippen molar-refractivity contribution in [3.8, 4) is 22.6 Å². The van der Waals surface area contributed by atoms with Gasteiger partial charge in [-0.1, -0.05) is 31.2 Å². The fourth-order valence-corrected chi connectivity index (χ4v) is 5.07. The highest BCUT2D eigenvalue weighted by molar-refractivity contribution is 7.99. The molecule has 0 aromatic heterocycles. The minimum absolute atomic E-state index is 0.384. The molecule has 0 saturated heterocycles. The predicted octanol–water partition coefficient (Wildman–Crippen LogP) is 5.33. The largest absolute Gasteiger partial charge is 0.497 e. The summed E-state index contributed by atoms with van der Waals surface area (Å²) >= 11 is 1.76. The Bertz CT molecular complexity index is 1190. The molecule has 3 aromatic carbocycles.